The van der Waals surface area contributed by atoms with Crippen molar-refractivity contribution in [1.82, 2.24) is 19.7 Å². The Morgan fingerprint density at radius 3 is 2.76 bits per heavy atom. The number of benzene rings is 2. The molecule has 1 aliphatic rings. The van der Waals surface area contributed by atoms with Crippen molar-refractivity contribution in [2.24, 2.45) is 0 Å². The Kier molecular flexibility index (Phi) is 7.70. The molecule has 1 aromatic heterocycles. The summed E-state index contributed by atoms with van der Waals surface area (Å²) < 4.78 is 1.94. The number of rotatable bonds is 8. The number of anilines is 1. The van der Waals surface area contributed by atoms with E-state index in [0.29, 0.717) is 34.5 Å². The van der Waals surface area contributed by atoms with Crippen molar-refractivity contribution in [3.63, 3.8) is 0 Å². The minimum atomic E-state index is -0.170. The van der Waals surface area contributed by atoms with Crippen LogP contribution < -0.4 is 5.32 Å². The van der Waals surface area contributed by atoms with Gasteiger partial charge in [-0.1, -0.05) is 53.2 Å². The van der Waals surface area contributed by atoms with Crippen LogP contribution in [0.25, 0.3) is 0 Å². The molecule has 176 valence electrons. The Morgan fingerprint density at radius 2 is 2.03 bits per heavy atom. The molecule has 1 aliphatic heterocycles. The number of carbonyl (C=O) groups excluding carboxylic acids is 2. The maximum Gasteiger partial charge on any atom is 0.254 e. The number of aryl methyl sites for hydroxylation is 1. The largest absolute Gasteiger partial charge is 0.328 e. The lowest BCUT2D eigenvalue weighted by Gasteiger charge is -2.24. The summed E-state index contributed by atoms with van der Waals surface area (Å²) >= 11 is 7.29. The number of nitrogens with one attached hydrogen (secondary N) is 1. The van der Waals surface area contributed by atoms with Gasteiger partial charge in [0, 0.05) is 29.4 Å². The molecular formula is C25H26ClN5O2S. The zero-order valence-corrected chi connectivity index (χ0v) is 20.5. The number of allylic oxidation sites excluding steroid dienone is 1. The van der Waals surface area contributed by atoms with Crippen molar-refractivity contribution in [3.05, 3.63) is 83.2 Å². The molecule has 2 heterocycles. The van der Waals surface area contributed by atoms with Gasteiger partial charge >= 0.3 is 0 Å². The van der Waals surface area contributed by atoms with E-state index < -0.39 is 0 Å². The summed E-state index contributed by atoms with van der Waals surface area (Å²) in [7, 11) is 0. The molecule has 9 heteroatoms. The first-order chi connectivity index (χ1) is 16.5. The Hall–Kier alpha value is -3.10. The molecule has 0 radical (unpaired) electrons. The molecule has 1 fully saturated rings. The standard InChI is InChI=1S/C25H26ClN5O2S/c1-3-13-31-23(21-8-5-14-30(21)24(33)18-11-9-17(2)10-12-18)28-29-25(31)34-16-22(32)27-20-7-4-6-19(26)15-20/h3-4,6-7,9-12,15,21H,1,5,8,13-14,16H2,2H3,(H,27,32). The van der Waals surface area contributed by atoms with Crippen LogP contribution in [0.2, 0.25) is 5.02 Å². The predicted molar refractivity (Wildman–Crippen MR) is 135 cm³/mol. The summed E-state index contributed by atoms with van der Waals surface area (Å²) in [6.45, 7) is 7.01. The number of halogens is 1. The number of nitrogens with zero attached hydrogens (tertiary/aromatic N) is 4. The topological polar surface area (TPSA) is 80.1 Å². The van der Waals surface area contributed by atoms with E-state index in [1.165, 1.54) is 11.8 Å². The Labute approximate surface area is 208 Å². The summed E-state index contributed by atoms with van der Waals surface area (Å²) in [6, 6.07) is 14.5. The molecule has 7 nitrogen and oxygen atoms in total. The summed E-state index contributed by atoms with van der Waals surface area (Å²) in [5, 5.41) is 12.8. The smallest absolute Gasteiger partial charge is 0.254 e. The van der Waals surface area contributed by atoms with E-state index in [-0.39, 0.29) is 23.6 Å². The van der Waals surface area contributed by atoms with Crippen LogP contribution in [-0.2, 0) is 11.3 Å². The molecule has 2 amide bonds. The molecule has 0 spiro atoms. The van der Waals surface area contributed by atoms with Gasteiger partial charge in [-0.15, -0.1) is 16.8 Å². The number of likely N-dealkylation sites (tertiary alicyclic amines) is 1. The molecule has 1 atom stereocenters. The molecular weight excluding hydrogens is 470 g/mol. The van der Waals surface area contributed by atoms with Crippen LogP contribution in [0.5, 0.6) is 0 Å². The lowest BCUT2D eigenvalue weighted by Crippen LogP contribution is -2.32. The third-order valence-electron chi connectivity index (χ3n) is 5.61. The quantitative estimate of drug-likeness (QED) is 0.346. The Bertz CT molecular complexity index is 1190. The van der Waals surface area contributed by atoms with Crippen LogP contribution in [0.3, 0.4) is 0 Å². The fourth-order valence-electron chi connectivity index (χ4n) is 3.99. The van der Waals surface area contributed by atoms with Gasteiger partial charge < -0.3 is 14.8 Å². The molecule has 34 heavy (non-hydrogen) atoms. The molecule has 4 rings (SSSR count). The number of thioether (sulfide) groups is 1. The SMILES string of the molecule is C=CCn1c(SCC(=O)Nc2cccc(Cl)c2)nnc1C1CCCN1C(=O)c1ccc(C)cc1. The van der Waals surface area contributed by atoms with Crippen molar-refractivity contribution in [2.75, 3.05) is 17.6 Å². The molecule has 1 unspecified atom stereocenters. The molecule has 1 saturated heterocycles. The van der Waals surface area contributed by atoms with Crippen molar-refractivity contribution >= 4 is 40.9 Å². The molecule has 2 aromatic carbocycles. The zero-order chi connectivity index (χ0) is 24.1. The van der Waals surface area contributed by atoms with E-state index in [2.05, 4.69) is 22.1 Å². The van der Waals surface area contributed by atoms with E-state index in [1.54, 1.807) is 30.3 Å². The zero-order valence-electron chi connectivity index (χ0n) is 18.9. The van der Waals surface area contributed by atoms with Gasteiger partial charge in [-0.2, -0.15) is 0 Å². The maximum absolute atomic E-state index is 13.2. The minimum Gasteiger partial charge on any atom is -0.328 e. The molecule has 1 N–H and O–H groups in total. The normalized spacial score (nSPS) is 15.4. The van der Waals surface area contributed by atoms with Crippen LogP contribution in [0, 0.1) is 6.92 Å². The van der Waals surface area contributed by atoms with Gasteiger partial charge in [0.15, 0.2) is 11.0 Å². The van der Waals surface area contributed by atoms with Gasteiger partial charge in [-0.05, 0) is 50.1 Å². The highest BCUT2D eigenvalue weighted by atomic mass is 35.5. The molecule has 0 saturated carbocycles. The molecule has 0 aliphatic carbocycles. The number of carbonyl (C=O) groups is 2. The monoisotopic (exact) mass is 495 g/mol. The van der Waals surface area contributed by atoms with Crippen LogP contribution >= 0.6 is 23.4 Å². The first-order valence-corrected chi connectivity index (χ1v) is 12.4. The number of amides is 2. The summed E-state index contributed by atoms with van der Waals surface area (Å²) in [4.78, 5) is 27.5. The van der Waals surface area contributed by atoms with Crippen molar-refractivity contribution < 1.29 is 9.59 Å². The van der Waals surface area contributed by atoms with Gasteiger partial charge in [0.05, 0.1) is 11.8 Å². The summed E-state index contributed by atoms with van der Waals surface area (Å²) in [6.07, 6.45) is 3.48. The van der Waals surface area contributed by atoms with E-state index in [4.69, 9.17) is 11.6 Å². The van der Waals surface area contributed by atoms with Crippen LogP contribution in [0.15, 0.2) is 66.3 Å². The lowest BCUT2D eigenvalue weighted by molar-refractivity contribution is -0.113. The van der Waals surface area contributed by atoms with Gasteiger partial charge in [-0.25, -0.2) is 0 Å². The molecule has 3 aromatic rings. The van der Waals surface area contributed by atoms with Crippen LogP contribution in [-0.4, -0.2) is 43.8 Å². The van der Waals surface area contributed by atoms with E-state index in [9.17, 15) is 9.59 Å². The Balaban J connectivity index is 1.48. The second kappa shape index (κ2) is 10.9. The second-order valence-electron chi connectivity index (χ2n) is 8.11. The van der Waals surface area contributed by atoms with Gasteiger partial charge in [0.1, 0.15) is 0 Å². The van der Waals surface area contributed by atoms with Crippen LogP contribution in [0.4, 0.5) is 5.69 Å². The Morgan fingerprint density at radius 1 is 1.24 bits per heavy atom. The third-order valence-corrected chi connectivity index (χ3v) is 6.81. The summed E-state index contributed by atoms with van der Waals surface area (Å²) in [5.41, 5.74) is 2.42. The number of hydrogen-bond acceptors (Lipinski definition) is 5. The van der Waals surface area contributed by atoms with Gasteiger partial charge in [-0.3, -0.25) is 9.59 Å². The van der Waals surface area contributed by atoms with Crippen molar-refractivity contribution in [3.8, 4) is 0 Å². The van der Waals surface area contributed by atoms with E-state index in [0.717, 1.165) is 24.2 Å². The predicted octanol–water partition coefficient (Wildman–Crippen LogP) is 5.13. The van der Waals surface area contributed by atoms with Gasteiger partial charge in [0.2, 0.25) is 5.91 Å². The fourth-order valence-corrected chi connectivity index (χ4v) is 4.93. The highest BCUT2D eigenvalue weighted by Gasteiger charge is 2.34. The fraction of sp³-hybridized carbons (Fsp3) is 0.280. The average Bonchev–Trinajstić information content (AvgIpc) is 3.45. The van der Waals surface area contributed by atoms with E-state index >= 15 is 0 Å². The van der Waals surface area contributed by atoms with Crippen molar-refractivity contribution in [1.29, 1.82) is 0 Å². The molecule has 0 bridgehead atoms. The average molecular weight is 496 g/mol. The van der Waals surface area contributed by atoms with Crippen LogP contribution in [0.1, 0.15) is 40.6 Å². The first kappa shape index (κ1) is 24.0. The maximum atomic E-state index is 13.2. The highest BCUT2D eigenvalue weighted by Crippen LogP contribution is 2.34. The van der Waals surface area contributed by atoms with E-state index in [1.807, 2.05) is 40.7 Å². The first-order valence-electron chi connectivity index (χ1n) is 11.1. The number of aromatic nitrogens is 3. The summed E-state index contributed by atoms with van der Waals surface area (Å²) in [5.74, 6) is 0.707. The van der Waals surface area contributed by atoms with Crippen molar-refractivity contribution in [2.45, 2.75) is 37.5 Å². The number of hydrogen-bond donors (Lipinski definition) is 1. The second-order valence-corrected chi connectivity index (χ2v) is 9.49. The van der Waals surface area contributed by atoms with Gasteiger partial charge in [0.25, 0.3) is 5.91 Å². The third kappa shape index (κ3) is 5.51. The lowest BCUT2D eigenvalue weighted by atomic mass is 10.1. The minimum absolute atomic E-state index is 0.00856. The highest BCUT2D eigenvalue weighted by molar-refractivity contribution is 7.99.